The molecule has 0 aromatic rings. The fraction of sp³-hybridized carbons (Fsp3) is 0.875. The van der Waals surface area contributed by atoms with Crippen LogP contribution in [0.4, 0.5) is 0 Å². The summed E-state index contributed by atoms with van der Waals surface area (Å²) in [7, 11) is 1.75. The van der Waals surface area contributed by atoms with Gasteiger partial charge in [0.2, 0.25) is 5.91 Å². The average molecular weight is 298 g/mol. The molecule has 0 aliphatic rings. The Balaban J connectivity index is 3.87. The summed E-state index contributed by atoms with van der Waals surface area (Å²) in [6.45, 7) is 11.2. The van der Waals surface area contributed by atoms with Crippen LogP contribution in [0.2, 0.25) is 0 Å². The molecule has 124 valence electrons. The van der Waals surface area contributed by atoms with Gasteiger partial charge in [-0.15, -0.1) is 0 Å². The standard InChI is InChI=1S/C16H34N4O/c1-12(2)8-7-9-14(5)20-16(17-6)18-11-10-15(21)19-13(3)4/h12-14H,7-11H2,1-6H3,(H,19,21)(H2,17,18,20). The van der Waals surface area contributed by atoms with E-state index in [1.165, 1.54) is 12.8 Å². The van der Waals surface area contributed by atoms with Gasteiger partial charge in [0.1, 0.15) is 0 Å². The van der Waals surface area contributed by atoms with Gasteiger partial charge in [0.15, 0.2) is 5.96 Å². The van der Waals surface area contributed by atoms with E-state index in [1.54, 1.807) is 7.05 Å². The summed E-state index contributed by atoms with van der Waals surface area (Å²) in [5.74, 6) is 1.59. The van der Waals surface area contributed by atoms with Crippen LogP contribution in [0.25, 0.3) is 0 Å². The van der Waals surface area contributed by atoms with Crippen molar-refractivity contribution >= 4 is 11.9 Å². The molecule has 5 nitrogen and oxygen atoms in total. The molecule has 0 aromatic heterocycles. The van der Waals surface area contributed by atoms with E-state index in [9.17, 15) is 4.79 Å². The van der Waals surface area contributed by atoms with E-state index >= 15 is 0 Å². The number of carbonyl (C=O) groups excluding carboxylic acids is 1. The Bertz CT molecular complexity index is 313. The summed E-state index contributed by atoms with van der Waals surface area (Å²) in [4.78, 5) is 15.7. The monoisotopic (exact) mass is 298 g/mol. The van der Waals surface area contributed by atoms with Gasteiger partial charge in [-0.3, -0.25) is 9.79 Å². The van der Waals surface area contributed by atoms with Crippen molar-refractivity contribution in [2.24, 2.45) is 10.9 Å². The molecule has 1 atom stereocenters. The van der Waals surface area contributed by atoms with E-state index in [0.717, 1.165) is 18.3 Å². The van der Waals surface area contributed by atoms with Gasteiger partial charge in [0, 0.05) is 32.1 Å². The van der Waals surface area contributed by atoms with Gasteiger partial charge in [-0.25, -0.2) is 0 Å². The lowest BCUT2D eigenvalue weighted by Crippen LogP contribution is -2.43. The smallest absolute Gasteiger partial charge is 0.221 e. The predicted octanol–water partition coefficient (Wildman–Crippen LogP) is 2.28. The first-order chi connectivity index (χ1) is 9.85. The molecule has 0 saturated carbocycles. The van der Waals surface area contributed by atoms with Crippen LogP contribution in [-0.2, 0) is 4.79 Å². The number of hydrogen-bond donors (Lipinski definition) is 3. The van der Waals surface area contributed by atoms with E-state index < -0.39 is 0 Å². The number of nitrogens with zero attached hydrogens (tertiary/aromatic N) is 1. The number of nitrogens with one attached hydrogen (secondary N) is 3. The van der Waals surface area contributed by atoms with Crippen molar-refractivity contribution in [3.8, 4) is 0 Å². The second-order valence-corrected chi connectivity index (χ2v) is 6.34. The van der Waals surface area contributed by atoms with Crippen molar-refractivity contribution in [3.05, 3.63) is 0 Å². The molecule has 0 aliphatic carbocycles. The first-order valence-electron chi connectivity index (χ1n) is 8.11. The van der Waals surface area contributed by atoms with Crippen LogP contribution < -0.4 is 16.0 Å². The zero-order valence-corrected chi connectivity index (χ0v) is 14.6. The van der Waals surface area contributed by atoms with E-state index in [2.05, 4.69) is 41.7 Å². The largest absolute Gasteiger partial charge is 0.356 e. The van der Waals surface area contributed by atoms with E-state index in [4.69, 9.17) is 0 Å². The van der Waals surface area contributed by atoms with Crippen molar-refractivity contribution in [3.63, 3.8) is 0 Å². The highest BCUT2D eigenvalue weighted by Crippen LogP contribution is 2.07. The van der Waals surface area contributed by atoms with Gasteiger partial charge >= 0.3 is 0 Å². The fourth-order valence-electron chi connectivity index (χ4n) is 2.02. The highest BCUT2D eigenvalue weighted by atomic mass is 16.1. The lowest BCUT2D eigenvalue weighted by Gasteiger charge is -2.18. The minimum absolute atomic E-state index is 0.0675. The molecule has 0 aliphatic heterocycles. The number of guanidine groups is 1. The Hall–Kier alpha value is -1.26. The maximum Gasteiger partial charge on any atom is 0.221 e. The Kier molecular flexibility index (Phi) is 10.7. The second kappa shape index (κ2) is 11.4. The summed E-state index contributed by atoms with van der Waals surface area (Å²) >= 11 is 0. The van der Waals surface area contributed by atoms with Crippen molar-refractivity contribution in [2.45, 2.75) is 72.4 Å². The highest BCUT2D eigenvalue weighted by molar-refractivity contribution is 5.81. The molecule has 1 unspecified atom stereocenters. The lowest BCUT2D eigenvalue weighted by molar-refractivity contribution is -0.121. The van der Waals surface area contributed by atoms with E-state index in [-0.39, 0.29) is 11.9 Å². The van der Waals surface area contributed by atoms with Gasteiger partial charge < -0.3 is 16.0 Å². The summed E-state index contributed by atoms with van der Waals surface area (Å²) in [6, 6.07) is 0.579. The van der Waals surface area contributed by atoms with E-state index in [1.807, 2.05) is 13.8 Å². The Labute approximate surface area is 130 Å². The highest BCUT2D eigenvalue weighted by Gasteiger charge is 2.07. The molecule has 0 rings (SSSR count). The molecule has 0 heterocycles. The van der Waals surface area contributed by atoms with Crippen LogP contribution >= 0.6 is 0 Å². The van der Waals surface area contributed by atoms with Gasteiger partial charge in [0.05, 0.1) is 0 Å². The summed E-state index contributed by atoms with van der Waals surface area (Å²) in [6.07, 6.45) is 4.07. The predicted molar refractivity (Wildman–Crippen MR) is 90.5 cm³/mol. The Morgan fingerprint density at radius 3 is 2.24 bits per heavy atom. The van der Waals surface area contributed by atoms with Gasteiger partial charge in [0.25, 0.3) is 0 Å². The summed E-state index contributed by atoms with van der Waals surface area (Å²) < 4.78 is 0. The molecular weight excluding hydrogens is 264 g/mol. The van der Waals surface area contributed by atoms with Crippen LogP contribution in [0.5, 0.6) is 0 Å². The first kappa shape index (κ1) is 19.7. The normalized spacial score (nSPS) is 13.4. The zero-order valence-electron chi connectivity index (χ0n) is 14.6. The molecule has 0 aromatic carbocycles. The number of carbonyl (C=O) groups is 1. The topological polar surface area (TPSA) is 65.5 Å². The number of hydrogen-bond acceptors (Lipinski definition) is 2. The zero-order chi connectivity index (χ0) is 16.3. The van der Waals surface area contributed by atoms with Gasteiger partial charge in [-0.05, 0) is 33.1 Å². The maximum absolute atomic E-state index is 11.5. The molecule has 0 fully saturated rings. The van der Waals surface area contributed by atoms with Crippen LogP contribution in [0.1, 0.15) is 60.3 Å². The number of aliphatic imine (C=N–C) groups is 1. The number of amides is 1. The van der Waals surface area contributed by atoms with Crippen LogP contribution in [0, 0.1) is 5.92 Å². The quantitative estimate of drug-likeness (QED) is 0.452. The fourth-order valence-corrected chi connectivity index (χ4v) is 2.02. The number of rotatable bonds is 9. The first-order valence-corrected chi connectivity index (χ1v) is 8.11. The Morgan fingerprint density at radius 2 is 1.71 bits per heavy atom. The minimum Gasteiger partial charge on any atom is -0.356 e. The Morgan fingerprint density at radius 1 is 1.05 bits per heavy atom. The molecule has 1 amide bonds. The third-order valence-corrected chi connectivity index (χ3v) is 3.12. The molecule has 5 heteroatoms. The molecule has 0 bridgehead atoms. The molecule has 3 N–H and O–H groups in total. The SMILES string of the molecule is CN=C(NCCC(=O)NC(C)C)NC(C)CCCC(C)C. The third-order valence-electron chi connectivity index (χ3n) is 3.12. The molecule has 21 heavy (non-hydrogen) atoms. The van der Waals surface area contributed by atoms with Crippen molar-refractivity contribution < 1.29 is 4.79 Å². The van der Waals surface area contributed by atoms with Crippen molar-refractivity contribution in [1.29, 1.82) is 0 Å². The third kappa shape index (κ3) is 12.2. The average Bonchev–Trinajstić information content (AvgIpc) is 2.36. The lowest BCUT2D eigenvalue weighted by atomic mass is 10.0. The minimum atomic E-state index is 0.0675. The van der Waals surface area contributed by atoms with Gasteiger partial charge in [-0.2, -0.15) is 0 Å². The molecule has 0 radical (unpaired) electrons. The van der Waals surface area contributed by atoms with Crippen LogP contribution in [0.3, 0.4) is 0 Å². The molecule has 0 saturated heterocycles. The van der Waals surface area contributed by atoms with Crippen LogP contribution in [-0.4, -0.2) is 37.5 Å². The van der Waals surface area contributed by atoms with E-state index in [0.29, 0.717) is 19.0 Å². The summed E-state index contributed by atoms with van der Waals surface area (Å²) in [5, 5.41) is 9.42. The molecular formula is C16H34N4O. The van der Waals surface area contributed by atoms with Gasteiger partial charge in [-0.1, -0.05) is 26.7 Å². The molecule has 0 spiro atoms. The summed E-state index contributed by atoms with van der Waals surface area (Å²) in [5.41, 5.74) is 0. The van der Waals surface area contributed by atoms with Crippen molar-refractivity contribution in [1.82, 2.24) is 16.0 Å². The van der Waals surface area contributed by atoms with Crippen LogP contribution in [0.15, 0.2) is 4.99 Å². The second-order valence-electron chi connectivity index (χ2n) is 6.34. The maximum atomic E-state index is 11.5. The van der Waals surface area contributed by atoms with Crippen molar-refractivity contribution in [2.75, 3.05) is 13.6 Å².